The van der Waals surface area contributed by atoms with Gasteiger partial charge in [0.25, 0.3) is 0 Å². The van der Waals surface area contributed by atoms with Gasteiger partial charge >= 0.3 is 0 Å². The third-order valence-electron chi connectivity index (χ3n) is 5.94. The predicted octanol–water partition coefficient (Wildman–Crippen LogP) is 5.25. The standard InChI is InChI=1S/C24H22N2O2/c1-14-8-10-17(11-9-14)22-21-15(2)26-28-24(21)25-19-12-18(13-20(27)23(19)22)16-6-4-3-5-7-16/h3-11,18,22,25H,12-13H2,1-2H3/t18-,22+/m1/s1. The average Bonchev–Trinajstić information content (AvgIpc) is 3.08. The van der Waals surface area contributed by atoms with Gasteiger partial charge in [-0.15, -0.1) is 0 Å². The first-order valence-electron chi connectivity index (χ1n) is 9.72. The molecule has 3 aromatic rings. The summed E-state index contributed by atoms with van der Waals surface area (Å²) >= 11 is 0. The van der Waals surface area contributed by atoms with E-state index < -0.39 is 0 Å². The maximum Gasteiger partial charge on any atom is 0.233 e. The van der Waals surface area contributed by atoms with E-state index in [0.717, 1.165) is 34.5 Å². The van der Waals surface area contributed by atoms with E-state index in [4.69, 9.17) is 4.52 Å². The van der Waals surface area contributed by atoms with Crippen LogP contribution in [0.25, 0.3) is 0 Å². The lowest BCUT2D eigenvalue weighted by Gasteiger charge is -2.34. The highest BCUT2D eigenvalue weighted by atomic mass is 16.5. The summed E-state index contributed by atoms with van der Waals surface area (Å²) in [5, 5.41) is 7.57. The molecule has 0 fully saturated rings. The first kappa shape index (κ1) is 17.0. The number of aryl methyl sites for hydroxylation is 2. The molecule has 2 aliphatic rings. The number of anilines is 1. The number of nitrogens with zero attached hydrogens (tertiary/aromatic N) is 1. The summed E-state index contributed by atoms with van der Waals surface area (Å²) in [5.74, 6) is 0.939. The average molecular weight is 370 g/mol. The third kappa shape index (κ3) is 2.68. The van der Waals surface area contributed by atoms with Gasteiger partial charge in [-0.1, -0.05) is 65.3 Å². The van der Waals surface area contributed by atoms with Gasteiger partial charge in [0.2, 0.25) is 5.88 Å². The van der Waals surface area contributed by atoms with Gasteiger partial charge in [-0.3, -0.25) is 4.79 Å². The van der Waals surface area contributed by atoms with Crippen LogP contribution in [0.1, 0.15) is 52.6 Å². The quantitative estimate of drug-likeness (QED) is 0.669. The fraction of sp³-hybridized carbons (Fsp3) is 0.250. The number of rotatable bonds is 2. The normalized spacial score (nSPS) is 21.1. The fourth-order valence-electron chi connectivity index (χ4n) is 4.53. The monoisotopic (exact) mass is 370 g/mol. The van der Waals surface area contributed by atoms with Crippen molar-refractivity contribution >= 4 is 11.7 Å². The smallest absolute Gasteiger partial charge is 0.233 e. The van der Waals surface area contributed by atoms with E-state index in [9.17, 15) is 4.79 Å². The molecule has 4 heteroatoms. The molecule has 4 nitrogen and oxygen atoms in total. The number of nitrogens with one attached hydrogen (secondary N) is 1. The highest BCUT2D eigenvalue weighted by molar-refractivity contribution is 6.01. The molecule has 0 unspecified atom stereocenters. The molecule has 0 saturated heterocycles. The number of allylic oxidation sites excluding steroid dienone is 2. The van der Waals surface area contributed by atoms with Crippen LogP contribution < -0.4 is 5.32 Å². The number of Topliss-reactive ketones (excluding diaryl/α,β-unsaturated/α-hetero) is 1. The number of fused-ring (bicyclic) bond motifs is 1. The molecule has 0 amide bonds. The van der Waals surface area contributed by atoms with Gasteiger partial charge in [0.15, 0.2) is 5.78 Å². The second kappa shape index (κ2) is 6.48. The summed E-state index contributed by atoms with van der Waals surface area (Å²) in [7, 11) is 0. The highest BCUT2D eigenvalue weighted by Gasteiger charge is 2.40. The van der Waals surface area contributed by atoms with Crippen molar-refractivity contribution in [3.05, 3.63) is 93.8 Å². The molecular formula is C24H22N2O2. The number of benzene rings is 2. The maximum atomic E-state index is 13.4. The van der Waals surface area contributed by atoms with Crippen LogP contribution in [0.15, 0.2) is 70.4 Å². The Morgan fingerprint density at radius 2 is 1.71 bits per heavy atom. The molecule has 2 heterocycles. The number of hydrogen-bond acceptors (Lipinski definition) is 4. The van der Waals surface area contributed by atoms with Gasteiger partial charge in [0.05, 0.1) is 11.3 Å². The zero-order valence-corrected chi connectivity index (χ0v) is 16.0. The number of carbonyl (C=O) groups is 1. The lowest BCUT2D eigenvalue weighted by molar-refractivity contribution is -0.116. The van der Waals surface area contributed by atoms with E-state index in [1.54, 1.807) is 0 Å². The van der Waals surface area contributed by atoms with Crippen molar-refractivity contribution in [2.45, 2.75) is 38.5 Å². The van der Waals surface area contributed by atoms with Crippen molar-refractivity contribution in [3.8, 4) is 0 Å². The molecule has 1 aliphatic heterocycles. The molecular weight excluding hydrogens is 348 g/mol. The number of ketones is 1. The van der Waals surface area contributed by atoms with E-state index in [1.165, 1.54) is 11.1 Å². The number of hydrogen-bond donors (Lipinski definition) is 1. The minimum atomic E-state index is -0.123. The van der Waals surface area contributed by atoms with E-state index in [1.807, 2.05) is 25.1 Å². The Labute approximate surface area is 164 Å². The summed E-state index contributed by atoms with van der Waals surface area (Å²) < 4.78 is 5.58. The molecule has 0 bridgehead atoms. The van der Waals surface area contributed by atoms with Crippen molar-refractivity contribution in [3.63, 3.8) is 0 Å². The Morgan fingerprint density at radius 1 is 0.964 bits per heavy atom. The van der Waals surface area contributed by atoms with Gasteiger partial charge < -0.3 is 9.84 Å². The molecule has 1 aliphatic carbocycles. The van der Waals surface area contributed by atoms with Gasteiger partial charge in [0.1, 0.15) is 0 Å². The van der Waals surface area contributed by atoms with Crippen molar-refractivity contribution in [1.29, 1.82) is 0 Å². The first-order chi connectivity index (χ1) is 13.6. The second-order valence-electron chi connectivity index (χ2n) is 7.81. The van der Waals surface area contributed by atoms with E-state index >= 15 is 0 Å². The van der Waals surface area contributed by atoms with Crippen molar-refractivity contribution in [2.24, 2.45) is 0 Å². The molecule has 2 atom stereocenters. The van der Waals surface area contributed by atoms with Crippen molar-refractivity contribution < 1.29 is 9.32 Å². The Kier molecular flexibility index (Phi) is 3.93. The van der Waals surface area contributed by atoms with Crippen LogP contribution in [-0.4, -0.2) is 10.9 Å². The van der Waals surface area contributed by atoms with Gasteiger partial charge in [-0.05, 0) is 37.3 Å². The molecule has 0 spiro atoms. The van der Waals surface area contributed by atoms with E-state index in [-0.39, 0.29) is 17.6 Å². The zero-order valence-electron chi connectivity index (χ0n) is 16.0. The number of aromatic nitrogens is 1. The van der Waals surface area contributed by atoms with Crippen LogP contribution in [0.3, 0.4) is 0 Å². The molecule has 5 rings (SSSR count). The van der Waals surface area contributed by atoms with Crippen LogP contribution in [0.4, 0.5) is 5.88 Å². The Bertz CT molecular complexity index is 1080. The Balaban J connectivity index is 1.63. The summed E-state index contributed by atoms with van der Waals surface area (Å²) in [6.45, 7) is 4.01. The van der Waals surface area contributed by atoms with E-state index in [2.05, 4.69) is 53.8 Å². The lowest BCUT2D eigenvalue weighted by atomic mass is 9.72. The van der Waals surface area contributed by atoms with Crippen LogP contribution >= 0.6 is 0 Å². The third-order valence-corrected chi connectivity index (χ3v) is 5.94. The summed E-state index contributed by atoms with van der Waals surface area (Å²) in [4.78, 5) is 13.4. The topological polar surface area (TPSA) is 55.1 Å². The predicted molar refractivity (Wildman–Crippen MR) is 108 cm³/mol. The van der Waals surface area contributed by atoms with Crippen LogP contribution in [-0.2, 0) is 4.79 Å². The van der Waals surface area contributed by atoms with Crippen molar-refractivity contribution in [1.82, 2.24) is 5.16 Å². The molecule has 0 saturated carbocycles. The van der Waals surface area contributed by atoms with Gasteiger partial charge in [0, 0.05) is 23.6 Å². The Hall–Kier alpha value is -3.14. The molecule has 1 aromatic heterocycles. The SMILES string of the molecule is Cc1ccc([C@@H]2C3=C(C[C@@H](c4ccccc4)CC3=O)Nc3onc(C)c32)cc1. The van der Waals surface area contributed by atoms with Gasteiger partial charge in [-0.25, -0.2) is 0 Å². The van der Waals surface area contributed by atoms with Crippen LogP contribution in [0.2, 0.25) is 0 Å². The molecule has 1 N–H and O–H groups in total. The van der Waals surface area contributed by atoms with Crippen molar-refractivity contribution in [2.75, 3.05) is 5.32 Å². The lowest BCUT2D eigenvalue weighted by Crippen LogP contribution is -2.29. The second-order valence-corrected chi connectivity index (χ2v) is 7.81. The molecule has 140 valence electrons. The molecule has 0 radical (unpaired) electrons. The minimum Gasteiger partial charge on any atom is -0.338 e. The minimum absolute atomic E-state index is 0.123. The molecule has 28 heavy (non-hydrogen) atoms. The summed E-state index contributed by atoms with van der Waals surface area (Å²) in [6.07, 6.45) is 1.33. The number of carbonyl (C=O) groups excluding carboxylic acids is 1. The summed E-state index contributed by atoms with van der Waals surface area (Å²) in [5.41, 5.74) is 7.17. The van der Waals surface area contributed by atoms with E-state index in [0.29, 0.717) is 12.3 Å². The maximum absolute atomic E-state index is 13.4. The highest BCUT2D eigenvalue weighted by Crippen LogP contribution is 2.48. The zero-order chi connectivity index (χ0) is 19.3. The Morgan fingerprint density at radius 3 is 2.46 bits per heavy atom. The summed E-state index contributed by atoms with van der Waals surface area (Å²) in [6, 6.07) is 18.7. The van der Waals surface area contributed by atoms with Crippen LogP contribution in [0.5, 0.6) is 0 Å². The van der Waals surface area contributed by atoms with Crippen LogP contribution in [0, 0.1) is 13.8 Å². The largest absolute Gasteiger partial charge is 0.338 e. The van der Waals surface area contributed by atoms with Gasteiger partial charge in [-0.2, -0.15) is 0 Å². The first-order valence-corrected chi connectivity index (χ1v) is 9.72. The molecule has 2 aromatic carbocycles. The fourth-order valence-corrected chi connectivity index (χ4v) is 4.53.